The predicted octanol–water partition coefficient (Wildman–Crippen LogP) is 5.28. The highest BCUT2D eigenvalue weighted by molar-refractivity contribution is 5.53. The molecule has 0 unspecified atom stereocenters. The second kappa shape index (κ2) is 16.7. The van der Waals surface area contributed by atoms with Gasteiger partial charge in [-0.2, -0.15) is 9.59 Å². The fraction of sp³-hybridized carbons (Fsp3) is 0.613. The molecule has 0 saturated carbocycles. The van der Waals surface area contributed by atoms with Gasteiger partial charge in [0, 0.05) is 42.3 Å². The van der Waals surface area contributed by atoms with E-state index in [9.17, 15) is 0 Å². The fourth-order valence-corrected chi connectivity index (χ4v) is 4.27. The van der Waals surface area contributed by atoms with Crippen LogP contribution in [0.15, 0.2) is 36.7 Å². The number of hydrogen-bond donors (Lipinski definition) is 1. The van der Waals surface area contributed by atoms with Gasteiger partial charge in [0.25, 0.3) is 0 Å². The van der Waals surface area contributed by atoms with Crippen LogP contribution in [0.1, 0.15) is 80.6 Å². The molecule has 4 aromatic rings. The third kappa shape index (κ3) is 11.3. The van der Waals surface area contributed by atoms with Crippen molar-refractivity contribution in [1.82, 2.24) is 50.4 Å². The molecule has 0 saturated heterocycles. The summed E-state index contributed by atoms with van der Waals surface area (Å²) in [7, 11) is 0. The van der Waals surface area contributed by atoms with E-state index < -0.39 is 0 Å². The molecule has 0 aromatic carbocycles. The molecule has 13 heteroatoms. The molecule has 4 rings (SSSR count). The Bertz CT molecular complexity index is 1260. The van der Waals surface area contributed by atoms with Crippen molar-refractivity contribution in [2.75, 3.05) is 19.8 Å². The lowest BCUT2D eigenvalue weighted by Crippen LogP contribution is -2.17. The molecular formula is C31H48N10O3. The number of pyridine rings is 2. The Kier molecular flexibility index (Phi) is 13.1. The second-order valence-corrected chi connectivity index (χ2v) is 12.1. The van der Waals surface area contributed by atoms with Crippen LogP contribution in [-0.2, 0) is 13.1 Å². The van der Waals surface area contributed by atoms with Crippen LogP contribution in [0.25, 0.3) is 22.8 Å². The molecule has 44 heavy (non-hydrogen) atoms. The highest BCUT2D eigenvalue weighted by Gasteiger charge is 2.18. The number of tetrazole rings is 2. The van der Waals surface area contributed by atoms with Crippen LogP contribution in [0.3, 0.4) is 0 Å². The molecule has 240 valence electrons. The Balaban J connectivity index is 0.000000240. The van der Waals surface area contributed by atoms with Crippen molar-refractivity contribution in [3.63, 3.8) is 0 Å². The van der Waals surface area contributed by atoms with Crippen LogP contribution in [0, 0.1) is 10.8 Å². The summed E-state index contributed by atoms with van der Waals surface area (Å²) >= 11 is 0. The van der Waals surface area contributed by atoms with Crippen LogP contribution in [0.5, 0.6) is 11.8 Å². The zero-order chi connectivity index (χ0) is 32.0. The van der Waals surface area contributed by atoms with E-state index in [4.69, 9.17) is 14.6 Å². The maximum absolute atomic E-state index is 9.00. The Hall–Kier alpha value is -4.00. The van der Waals surface area contributed by atoms with E-state index in [-0.39, 0.29) is 12.0 Å². The normalized spacial score (nSPS) is 11.6. The van der Waals surface area contributed by atoms with E-state index in [0.29, 0.717) is 55.1 Å². The fourth-order valence-electron chi connectivity index (χ4n) is 4.27. The van der Waals surface area contributed by atoms with Gasteiger partial charge in [-0.15, -0.1) is 20.4 Å². The summed E-state index contributed by atoms with van der Waals surface area (Å²) in [6.07, 6.45) is 8.48. The highest BCUT2D eigenvalue weighted by atomic mass is 16.5. The highest BCUT2D eigenvalue weighted by Crippen LogP contribution is 2.27. The minimum atomic E-state index is 0.0667. The van der Waals surface area contributed by atoms with Crippen molar-refractivity contribution in [2.24, 2.45) is 10.8 Å². The summed E-state index contributed by atoms with van der Waals surface area (Å²) in [6, 6.07) is 7.45. The van der Waals surface area contributed by atoms with Gasteiger partial charge in [-0.1, -0.05) is 41.0 Å². The van der Waals surface area contributed by atoms with Gasteiger partial charge in [-0.25, -0.2) is 9.97 Å². The van der Waals surface area contributed by atoms with Crippen LogP contribution < -0.4 is 9.47 Å². The van der Waals surface area contributed by atoms with Crippen LogP contribution in [-0.4, -0.2) is 75.3 Å². The van der Waals surface area contributed by atoms with Gasteiger partial charge in [-0.3, -0.25) is 0 Å². The maximum atomic E-state index is 9.00. The average molecular weight is 609 g/mol. The lowest BCUT2D eigenvalue weighted by Gasteiger charge is -2.23. The molecule has 0 atom stereocenters. The van der Waals surface area contributed by atoms with Gasteiger partial charge < -0.3 is 14.6 Å². The van der Waals surface area contributed by atoms with Gasteiger partial charge in [0.1, 0.15) is 0 Å². The first-order chi connectivity index (χ1) is 21.1. The van der Waals surface area contributed by atoms with E-state index in [1.54, 1.807) is 23.3 Å². The quantitative estimate of drug-likeness (QED) is 0.177. The van der Waals surface area contributed by atoms with Crippen molar-refractivity contribution in [1.29, 1.82) is 0 Å². The van der Waals surface area contributed by atoms with Gasteiger partial charge in [0.05, 0.1) is 26.3 Å². The van der Waals surface area contributed by atoms with Gasteiger partial charge in [-0.05, 0) is 72.9 Å². The monoisotopic (exact) mass is 608 g/mol. The van der Waals surface area contributed by atoms with Crippen LogP contribution >= 0.6 is 0 Å². The molecule has 1 N–H and O–H groups in total. The van der Waals surface area contributed by atoms with Crippen molar-refractivity contribution in [3.05, 3.63) is 36.7 Å². The molecule has 0 amide bonds. The molecule has 0 fully saturated rings. The second-order valence-electron chi connectivity index (χ2n) is 12.1. The maximum Gasteiger partial charge on any atom is 0.213 e. The first-order valence-electron chi connectivity index (χ1n) is 15.4. The summed E-state index contributed by atoms with van der Waals surface area (Å²) < 4.78 is 11.4. The lowest BCUT2D eigenvalue weighted by atomic mass is 9.85. The number of rotatable bonds is 16. The first-order valence-corrected chi connectivity index (χ1v) is 15.4. The predicted molar refractivity (Wildman–Crippen MR) is 168 cm³/mol. The SMILES string of the molecule is CCCC(C)(C)CCOc1ccc(-c2nnn(CC)n2)cn1.CCn1nnc(-c2ccc(OCCC(C)(C)CCO)nc2)n1. The van der Waals surface area contributed by atoms with Crippen molar-refractivity contribution in [3.8, 4) is 34.5 Å². The van der Waals surface area contributed by atoms with E-state index in [2.05, 4.69) is 75.4 Å². The van der Waals surface area contributed by atoms with Crippen molar-refractivity contribution >= 4 is 0 Å². The van der Waals surface area contributed by atoms with Crippen molar-refractivity contribution in [2.45, 2.75) is 93.7 Å². The third-order valence-corrected chi connectivity index (χ3v) is 7.23. The van der Waals surface area contributed by atoms with Gasteiger partial charge in [0.2, 0.25) is 23.4 Å². The molecule has 0 aliphatic heterocycles. The summed E-state index contributed by atoms with van der Waals surface area (Å²) in [6.45, 7) is 17.8. The summed E-state index contributed by atoms with van der Waals surface area (Å²) in [5.41, 5.74) is 2.04. The number of aromatic nitrogens is 10. The lowest BCUT2D eigenvalue weighted by molar-refractivity contribution is 0.170. The van der Waals surface area contributed by atoms with Crippen LogP contribution in [0.2, 0.25) is 0 Å². The molecule has 0 radical (unpaired) electrons. The van der Waals surface area contributed by atoms with E-state index in [0.717, 1.165) is 30.4 Å². The Morgan fingerprint density at radius 1 is 0.659 bits per heavy atom. The Morgan fingerprint density at radius 3 is 1.45 bits per heavy atom. The number of hydrogen-bond acceptors (Lipinski definition) is 11. The molecule has 0 aliphatic carbocycles. The molecule has 4 aromatic heterocycles. The molecular weight excluding hydrogens is 560 g/mol. The largest absolute Gasteiger partial charge is 0.478 e. The summed E-state index contributed by atoms with van der Waals surface area (Å²) in [5, 5.41) is 33.3. The molecule has 4 heterocycles. The number of nitrogens with zero attached hydrogens (tertiary/aromatic N) is 10. The van der Waals surface area contributed by atoms with E-state index in [1.165, 1.54) is 17.6 Å². The third-order valence-electron chi connectivity index (χ3n) is 7.23. The zero-order valence-electron chi connectivity index (χ0n) is 27.3. The molecule has 13 nitrogen and oxygen atoms in total. The minimum absolute atomic E-state index is 0.0667. The summed E-state index contributed by atoms with van der Waals surface area (Å²) in [4.78, 5) is 11.7. The Morgan fingerprint density at radius 2 is 1.11 bits per heavy atom. The first kappa shape index (κ1) is 34.5. The van der Waals surface area contributed by atoms with Gasteiger partial charge in [0.15, 0.2) is 0 Å². The number of ether oxygens (including phenoxy) is 2. The number of aliphatic hydroxyl groups excluding tert-OH is 1. The smallest absolute Gasteiger partial charge is 0.213 e. The van der Waals surface area contributed by atoms with Gasteiger partial charge >= 0.3 is 0 Å². The summed E-state index contributed by atoms with van der Waals surface area (Å²) in [5.74, 6) is 2.36. The van der Waals surface area contributed by atoms with Crippen LogP contribution in [0.4, 0.5) is 0 Å². The van der Waals surface area contributed by atoms with E-state index in [1.807, 2.05) is 32.0 Å². The number of aryl methyl sites for hydroxylation is 2. The molecule has 0 aliphatic rings. The Labute approximate surface area is 260 Å². The topological polar surface area (TPSA) is 152 Å². The average Bonchev–Trinajstić information content (AvgIpc) is 3.68. The molecule has 0 spiro atoms. The minimum Gasteiger partial charge on any atom is -0.478 e. The van der Waals surface area contributed by atoms with Crippen molar-refractivity contribution < 1.29 is 14.6 Å². The van der Waals surface area contributed by atoms with E-state index >= 15 is 0 Å². The zero-order valence-corrected chi connectivity index (χ0v) is 27.3. The molecule has 0 bridgehead atoms. The number of aliphatic hydroxyl groups is 1. The standard InChI is InChI=1S/C16H25N5O.C15H23N5O2/c1-5-9-16(3,4)10-11-22-14-8-7-13(12-17-14)15-18-20-21(6-2)19-15;1-4-20-18-14(17-19-20)12-5-6-13(16-11-12)22-10-8-15(2,3)7-9-21/h7-8,12H,5-6,9-11H2,1-4H3;5-6,11,21H,4,7-10H2,1-3H3.